The minimum absolute atomic E-state index is 0.00263. The van der Waals surface area contributed by atoms with Crippen LogP contribution in [-0.2, 0) is 18.4 Å². The van der Waals surface area contributed by atoms with Crippen molar-refractivity contribution in [2.24, 2.45) is 0 Å². The Kier molecular flexibility index (Phi) is 55.4. The van der Waals surface area contributed by atoms with Crippen LogP contribution in [-0.4, -0.2) is 68.5 Å². The molecular weight excluding hydrogens is 924 g/mol. The summed E-state index contributed by atoms with van der Waals surface area (Å²) in [5, 5.41) is 13.9. The number of phosphoric ester groups is 1. The van der Waals surface area contributed by atoms with E-state index in [0.717, 1.165) is 38.5 Å². The van der Waals surface area contributed by atoms with Gasteiger partial charge >= 0.3 is 0 Å². The molecule has 0 heterocycles. The van der Waals surface area contributed by atoms with E-state index in [1.165, 1.54) is 283 Å². The van der Waals surface area contributed by atoms with Gasteiger partial charge in [-0.1, -0.05) is 328 Å². The van der Waals surface area contributed by atoms with Gasteiger partial charge in [0, 0.05) is 6.42 Å². The summed E-state index contributed by atoms with van der Waals surface area (Å²) in [5.74, 6) is -0.189. The highest BCUT2D eigenvalue weighted by atomic mass is 31.2. The molecule has 0 fully saturated rings. The zero-order valence-electron chi connectivity index (χ0n) is 49.9. The Balaban J connectivity index is 3.90. The number of aliphatic hydroxyl groups excluding tert-OH is 1. The molecule has 1 amide bonds. The quantitative estimate of drug-likeness (QED) is 0.0272. The molecule has 0 aliphatic rings. The minimum Gasteiger partial charge on any atom is -0.756 e. The van der Waals surface area contributed by atoms with Crippen LogP contribution in [0.3, 0.4) is 0 Å². The van der Waals surface area contributed by atoms with E-state index in [2.05, 4.69) is 19.2 Å². The SMILES string of the molecule is CCCCCCCCCCCCCCC/C=C/[C@@H](O)[C@H](COP(=O)([O-])OCC[N+](C)(C)C)NC(=O)CCCCCCCCCCCCCCCCCCCCCCCCCCCCCCCCCCCCCC. The normalized spacial score (nSPS) is 13.8. The Morgan fingerprint density at radius 3 is 1.03 bits per heavy atom. The van der Waals surface area contributed by atoms with Crippen molar-refractivity contribution in [1.29, 1.82) is 0 Å². The molecule has 8 nitrogen and oxygen atoms in total. The summed E-state index contributed by atoms with van der Waals surface area (Å²) in [6.45, 7) is 4.70. The summed E-state index contributed by atoms with van der Waals surface area (Å²) in [7, 11) is 1.28. The second-order valence-electron chi connectivity index (χ2n) is 23.8. The topological polar surface area (TPSA) is 108 Å². The molecule has 0 rings (SSSR count). The molecule has 1 unspecified atom stereocenters. The number of hydrogen-bond donors (Lipinski definition) is 2. The van der Waals surface area contributed by atoms with Crippen molar-refractivity contribution in [3.05, 3.63) is 12.2 Å². The minimum atomic E-state index is -4.59. The van der Waals surface area contributed by atoms with Crippen LogP contribution in [0.25, 0.3) is 0 Å². The number of nitrogens with zero attached hydrogens (tertiary/aromatic N) is 1. The van der Waals surface area contributed by atoms with Crippen LogP contribution in [0.1, 0.15) is 341 Å². The lowest BCUT2D eigenvalue weighted by atomic mass is 10.0. The maximum absolute atomic E-state index is 13.0. The Morgan fingerprint density at radius 1 is 0.466 bits per heavy atom. The molecule has 2 N–H and O–H groups in total. The third-order valence-electron chi connectivity index (χ3n) is 15.2. The van der Waals surface area contributed by atoms with E-state index in [1.54, 1.807) is 6.08 Å². The van der Waals surface area contributed by atoms with Crippen molar-refractivity contribution in [1.82, 2.24) is 5.32 Å². The molecule has 0 radical (unpaired) electrons. The van der Waals surface area contributed by atoms with E-state index in [0.29, 0.717) is 17.4 Å². The highest BCUT2D eigenvalue weighted by Gasteiger charge is 2.23. The second kappa shape index (κ2) is 56.0. The average Bonchev–Trinajstić information content (AvgIpc) is 3.35. The number of likely N-dealkylation sites (N-methyl/N-ethyl adjacent to an activating group) is 1. The van der Waals surface area contributed by atoms with E-state index < -0.39 is 20.0 Å². The van der Waals surface area contributed by atoms with Gasteiger partial charge in [-0.25, -0.2) is 0 Å². The third-order valence-corrected chi connectivity index (χ3v) is 16.2. The number of carbonyl (C=O) groups excluding carboxylic acids is 1. The van der Waals surface area contributed by atoms with E-state index in [4.69, 9.17) is 9.05 Å². The van der Waals surface area contributed by atoms with Crippen molar-refractivity contribution in [2.45, 2.75) is 353 Å². The smallest absolute Gasteiger partial charge is 0.268 e. The molecule has 73 heavy (non-hydrogen) atoms. The maximum Gasteiger partial charge on any atom is 0.268 e. The fourth-order valence-corrected chi connectivity index (χ4v) is 10.9. The fourth-order valence-electron chi connectivity index (χ4n) is 10.2. The third kappa shape index (κ3) is 58.8. The number of rotatable bonds is 61. The molecule has 0 spiro atoms. The van der Waals surface area contributed by atoms with Gasteiger partial charge in [0.2, 0.25) is 5.91 Å². The molecule has 0 saturated carbocycles. The lowest BCUT2D eigenvalue weighted by Crippen LogP contribution is -2.45. The first-order valence-electron chi connectivity index (χ1n) is 32.6. The van der Waals surface area contributed by atoms with Crippen molar-refractivity contribution < 1.29 is 32.9 Å². The van der Waals surface area contributed by atoms with Crippen LogP contribution in [0, 0.1) is 0 Å². The van der Waals surface area contributed by atoms with E-state index >= 15 is 0 Å². The van der Waals surface area contributed by atoms with E-state index in [-0.39, 0.29) is 19.1 Å². The molecule has 0 bridgehead atoms. The zero-order chi connectivity index (χ0) is 53.5. The number of carbonyl (C=O) groups is 1. The van der Waals surface area contributed by atoms with Gasteiger partial charge in [-0.15, -0.1) is 0 Å². The first-order chi connectivity index (χ1) is 35.5. The Labute approximate surface area is 456 Å². The predicted octanol–water partition coefficient (Wildman–Crippen LogP) is 19.5. The number of allylic oxidation sites excluding steroid dienone is 1. The molecule has 0 aromatic rings. The Hall–Kier alpha value is -0.760. The van der Waals surface area contributed by atoms with Crippen LogP contribution >= 0.6 is 7.82 Å². The summed E-state index contributed by atoms with van der Waals surface area (Å²) >= 11 is 0. The summed E-state index contributed by atoms with van der Waals surface area (Å²) in [6.07, 6.45) is 70.5. The Morgan fingerprint density at radius 2 is 0.740 bits per heavy atom. The number of quaternary nitrogens is 1. The number of hydrogen-bond acceptors (Lipinski definition) is 6. The van der Waals surface area contributed by atoms with Gasteiger partial charge < -0.3 is 28.8 Å². The van der Waals surface area contributed by atoms with Gasteiger partial charge in [0.25, 0.3) is 7.82 Å². The van der Waals surface area contributed by atoms with Crippen molar-refractivity contribution in [3.63, 3.8) is 0 Å². The largest absolute Gasteiger partial charge is 0.756 e. The predicted molar refractivity (Wildman–Crippen MR) is 316 cm³/mol. The highest BCUT2D eigenvalue weighted by molar-refractivity contribution is 7.45. The molecule has 0 aromatic carbocycles. The molecule has 0 aliphatic heterocycles. The highest BCUT2D eigenvalue weighted by Crippen LogP contribution is 2.38. The van der Waals surface area contributed by atoms with Gasteiger partial charge in [0.15, 0.2) is 0 Å². The number of aliphatic hydroxyl groups is 1. The maximum atomic E-state index is 13.0. The van der Waals surface area contributed by atoms with Gasteiger partial charge in [-0.3, -0.25) is 9.36 Å². The number of unbranched alkanes of at least 4 members (excludes halogenated alkanes) is 48. The van der Waals surface area contributed by atoms with Crippen LogP contribution in [0.5, 0.6) is 0 Å². The molecule has 3 atom stereocenters. The Bertz CT molecular complexity index is 1200. The average molecular weight is 1050 g/mol. The van der Waals surface area contributed by atoms with Crippen LogP contribution in [0.2, 0.25) is 0 Å². The van der Waals surface area contributed by atoms with Crippen LogP contribution in [0.15, 0.2) is 12.2 Å². The van der Waals surface area contributed by atoms with Crippen molar-refractivity contribution in [2.75, 3.05) is 40.9 Å². The van der Waals surface area contributed by atoms with Gasteiger partial charge in [-0.05, 0) is 19.3 Å². The van der Waals surface area contributed by atoms with Crippen molar-refractivity contribution >= 4 is 13.7 Å². The lowest BCUT2D eigenvalue weighted by molar-refractivity contribution is -0.870. The molecule has 0 aliphatic carbocycles. The summed E-state index contributed by atoms with van der Waals surface area (Å²) in [5.41, 5.74) is 0. The lowest BCUT2D eigenvalue weighted by Gasteiger charge is -2.29. The second-order valence-corrected chi connectivity index (χ2v) is 25.2. The molecule has 9 heteroatoms. The monoisotopic (exact) mass is 1050 g/mol. The fraction of sp³-hybridized carbons (Fsp3) is 0.953. The van der Waals surface area contributed by atoms with Crippen LogP contribution < -0.4 is 10.2 Å². The molecule has 0 saturated heterocycles. The standard InChI is InChI=1S/C64H129N2O6P/c1-6-8-10-12-14-16-18-20-22-23-24-25-26-27-28-29-30-31-32-33-34-35-36-37-38-39-40-41-42-44-46-48-50-52-54-56-58-64(68)65-62(61-72-73(69,70)71-60-59-66(3,4)5)63(67)57-55-53-51-49-47-45-43-21-19-17-15-13-11-9-7-2/h55,57,62-63,67H,6-54,56,58-61H2,1-5H3,(H-,65,68,69,70)/b57-55+/t62-,63+/m0/s1. The van der Waals surface area contributed by atoms with Gasteiger partial charge in [0.05, 0.1) is 39.9 Å². The first-order valence-corrected chi connectivity index (χ1v) is 34.0. The van der Waals surface area contributed by atoms with Gasteiger partial charge in [-0.2, -0.15) is 0 Å². The van der Waals surface area contributed by atoms with Gasteiger partial charge in [0.1, 0.15) is 13.2 Å². The van der Waals surface area contributed by atoms with Crippen LogP contribution in [0.4, 0.5) is 0 Å². The summed E-state index contributed by atoms with van der Waals surface area (Å²) < 4.78 is 23.4. The van der Waals surface area contributed by atoms with E-state index in [1.807, 2.05) is 27.2 Å². The number of amides is 1. The van der Waals surface area contributed by atoms with Crippen molar-refractivity contribution in [3.8, 4) is 0 Å². The molecular formula is C64H129N2O6P. The summed E-state index contributed by atoms with van der Waals surface area (Å²) in [6, 6.07) is -0.882. The number of phosphoric acid groups is 1. The first kappa shape index (κ1) is 72.2. The summed E-state index contributed by atoms with van der Waals surface area (Å²) in [4.78, 5) is 25.5. The number of nitrogens with one attached hydrogen (secondary N) is 1. The van der Waals surface area contributed by atoms with E-state index in [9.17, 15) is 19.4 Å². The zero-order valence-corrected chi connectivity index (χ0v) is 50.8. The molecule has 0 aromatic heterocycles. The molecule has 436 valence electrons.